The number of ether oxygens (including phenoxy) is 1. The average Bonchev–Trinajstić information content (AvgIpc) is 2.48. The minimum Gasteiger partial charge on any atom is -0.435 e. The van der Waals surface area contributed by atoms with Gasteiger partial charge < -0.3 is 10.1 Å². The van der Waals surface area contributed by atoms with Crippen molar-refractivity contribution in [3.63, 3.8) is 0 Å². The van der Waals surface area contributed by atoms with Gasteiger partial charge in [-0.25, -0.2) is 0 Å². The van der Waals surface area contributed by atoms with E-state index in [9.17, 15) is 8.78 Å². The molecule has 6 heteroatoms. The fraction of sp³-hybridized carbons (Fsp3) is 0.625. The number of hydrogen-bond acceptors (Lipinski definition) is 3. The highest BCUT2D eigenvalue weighted by Crippen LogP contribution is 2.27. The van der Waals surface area contributed by atoms with E-state index >= 15 is 0 Å². The Morgan fingerprint density at radius 1 is 1.23 bits per heavy atom. The molecule has 1 heterocycles. The molecule has 0 aromatic heterocycles. The van der Waals surface area contributed by atoms with Gasteiger partial charge in [0.25, 0.3) is 0 Å². The van der Waals surface area contributed by atoms with Gasteiger partial charge in [-0.15, -0.1) is 12.4 Å². The van der Waals surface area contributed by atoms with Crippen LogP contribution in [0.4, 0.5) is 8.78 Å². The minimum atomic E-state index is -2.76. The molecule has 0 saturated carbocycles. The van der Waals surface area contributed by atoms with Gasteiger partial charge >= 0.3 is 6.61 Å². The fourth-order valence-corrected chi connectivity index (χ4v) is 2.97. The van der Waals surface area contributed by atoms with Crippen molar-refractivity contribution in [3.8, 4) is 5.75 Å². The van der Waals surface area contributed by atoms with E-state index < -0.39 is 6.61 Å². The summed E-state index contributed by atoms with van der Waals surface area (Å²) >= 11 is 0. The summed E-state index contributed by atoms with van der Waals surface area (Å²) in [5.74, 6) is 0.981. The zero-order valence-corrected chi connectivity index (χ0v) is 13.9. The lowest BCUT2D eigenvalue weighted by atomic mass is 9.94. The number of alkyl halides is 2. The number of hydrogen-bond donors (Lipinski definition) is 1. The Morgan fingerprint density at radius 3 is 2.32 bits per heavy atom. The van der Waals surface area contributed by atoms with Gasteiger partial charge in [-0.2, -0.15) is 8.78 Å². The molecule has 1 aromatic rings. The van der Waals surface area contributed by atoms with Crippen LogP contribution in [-0.4, -0.2) is 38.2 Å². The van der Waals surface area contributed by atoms with E-state index in [1.54, 1.807) is 12.1 Å². The molecule has 2 rings (SSSR count). The molecule has 1 aliphatic heterocycles. The molecule has 1 N–H and O–H groups in total. The normalized spacial score (nSPS) is 18.0. The lowest BCUT2D eigenvalue weighted by Gasteiger charge is -2.36. The first-order valence-corrected chi connectivity index (χ1v) is 7.53. The quantitative estimate of drug-likeness (QED) is 0.858. The number of piperidine rings is 1. The molecule has 0 aliphatic carbocycles. The highest BCUT2D eigenvalue weighted by atomic mass is 35.5. The number of halogens is 3. The highest BCUT2D eigenvalue weighted by Gasteiger charge is 2.23. The summed E-state index contributed by atoms with van der Waals surface area (Å²) in [4.78, 5) is 2.45. The fourth-order valence-electron chi connectivity index (χ4n) is 2.97. The van der Waals surface area contributed by atoms with Crippen molar-refractivity contribution in [3.05, 3.63) is 29.8 Å². The second-order valence-electron chi connectivity index (χ2n) is 5.66. The molecule has 1 fully saturated rings. The van der Waals surface area contributed by atoms with Crippen LogP contribution in [0.2, 0.25) is 0 Å². The monoisotopic (exact) mass is 334 g/mol. The van der Waals surface area contributed by atoms with Crippen LogP contribution in [0.1, 0.15) is 31.4 Å². The van der Waals surface area contributed by atoms with Crippen molar-refractivity contribution in [2.45, 2.75) is 32.4 Å². The van der Waals surface area contributed by atoms with Gasteiger partial charge in [0.1, 0.15) is 5.75 Å². The van der Waals surface area contributed by atoms with E-state index in [1.165, 1.54) is 12.8 Å². The van der Waals surface area contributed by atoms with Crippen molar-refractivity contribution in [2.75, 3.05) is 26.7 Å². The maximum absolute atomic E-state index is 12.1. The lowest BCUT2D eigenvalue weighted by Crippen LogP contribution is -2.38. The molecule has 1 atom stereocenters. The molecule has 3 nitrogen and oxygen atoms in total. The molecule has 1 aromatic carbocycles. The standard InChI is InChI=1S/C16H24F2N2O.ClH/c1-12(20-9-7-13(8-10-20)11-19-2)14-3-5-15(6-4-14)21-16(17)18;/h3-6,12-13,16,19H,7-11H2,1-2H3;1H. The highest BCUT2D eigenvalue weighted by molar-refractivity contribution is 5.85. The zero-order chi connectivity index (χ0) is 15.2. The Bertz CT molecular complexity index is 423. The predicted octanol–water partition coefficient (Wildman–Crippen LogP) is 3.70. The van der Waals surface area contributed by atoms with E-state index in [4.69, 9.17) is 0 Å². The van der Waals surface area contributed by atoms with Crippen LogP contribution in [-0.2, 0) is 0 Å². The molecule has 1 unspecified atom stereocenters. The number of nitrogens with one attached hydrogen (secondary N) is 1. The van der Waals surface area contributed by atoms with E-state index in [2.05, 4.69) is 21.9 Å². The van der Waals surface area contributed by atoms with Crippen molar-refractivity contribution < 1.29 is 13.5 Å². The average molecular weight is 335 g/mol. The van der Waals surface area contributed by atoms with Crippen LogP contribution in [0, 0.1) is 5.92 Å². The largest absolute Gasteiger partial charge is 0.435 e. The van der Waals surface area contributed by atoms with E-state index in [0.717, 1.165) is 31.1 Å². The summed E-state index contributed by atoms with van der Waals surface area (Å²) in [6.07, 6.45) is 2.41. The first-order valence-electron chi connectivity index (χ1n) is 7.53. The van der Waals surface area contributed by atoms with Crippen LogP contribution in [0.5, 0.6) is 5.75 Å². The van der Waals surface area contributed by atoms with Crippen molar-refractivity contribution >= 4 is 12.4 Å². The van der Waals surface area contributed by atoms with Crippen LogP contribution in [0.15, 0.2) is 24.3 Å². The van der Waals surface area contributed by atoms with E-state index in [0.29, 0.717) is 6.04 Å². The summed E-state index contributed by atoms with van der Waals surface area (Å²) in [6.45, 7) is 2.66. The van der Waals surface area contributed by atoms with Crippen molar-refractivity contribution in [1.29, 1.82) is 0 Å². The lowest BCUT2D eigenvalue weighted by molar-refractivity contribution is -0.0498. The Balaban J connectivity index is 0.00000242. The van der Waals surface area contributed by atoms with Crippen LogP contribution in [0.3, 0.4) is 0 Å². The number of rotatable bonds is 6. The summed E-state index contributed by atoms with van der Waals surface area (Å²) in [5.41, 5.74) is 1.14. The van der Waals surface area contributed by atoms with Gasteiger partial charge in [-0.05, 0) is 70.1 Å². The van der Waals surface area contributed by atoms with E-state index in [-0.39, 0.29) is 18.2 Å². The third kappa shape index (κ3) is 5.38. The summed E-state index contributed by atoms with van der Waals surface area (Å²) < 4.78 is 28.7. The molecule has 0 spiro atoms. The smallest absolute Gasteiger partial charge is 0.387 e. The molecule has 0 bridgehead atoms. The van der Waals surface area contributed by atoms with Crippen LogP contribution in [0.25, 0.3) is 0 Å². The van der Waals surface area contributed by atoms with Gasteiger partial charge in [0.05, 0.1) is 0 Å². The Morgan fingerprint density at radius 2 is 1.82 bits per heavy atom. The molecule has 1 saturated heterocycles. The first kappa shape index (κ1) is 19.1. The first-order chi connectivity index (χ1) is 10.1. The van der Waals surface area contributed by atoms with Crippen LogP contribution < -0.4 is 10.1 Å². The maximum Gasteiger partial charge on any atom is 0.387 e. The van der Waals surface area contributed by atoms with E-state index in [1.807, 2.05) is 19.2 Å². The molecule has 126 valence electrons. The SMILES string of the molecule is CNCC1CCN(C(C)c2ccc(OC(F)F)cc2)CC1.Cl. The van der Waals surface area contributed by atoms with Gasteiger partial charge in [0.2, 0.25) is 0 Å². The van der Waals surface area contributed by atoms with Crippen molar-refractivity contribution in [2.24, 2.45) is 5.92 Å². The topological polar surface area (TPSA) is 24.5 Å². The number of nitrogens with zero attached hydrogens (tertiary/aromatic N) is 1. The molecule has 0 radical (unpaired) electrons. The zero-order valence-electron chi connectivity index (χ0n) is 13.1. The van der Waals surface area contributed by atoms with Gasteiger partial charge in [0, 0.05) is 6.04 Å². The summed E-state index contributed by atoms with van der Waals surface area (Å²) in [5, 5.41) is 3.24. The second-order valence-corrected chi connectivity index (χ2v) is 5.66. The van der Waals surface area contributed by atoms with Crippen LogP contribution >= 0.6 is 12.4 Å². The molecular weight excluding hydrogens is 310 g/mol. The van der Waals surface area contributed by atoms with Gasteiger partial charge in [-0.3, -0.25) is 4.90 Å². The summed E-state index contributed by atoms with van der Waals surface area (Å²) in [7, 11) is 2.00. The number of benzene rings is 1. The molecule has 1 aliphatic rings. The Labute approximate surface area is 137 Å². The Kier molecular flexibility index (Phi) is 8.07. The second kappa shape index (κ2) is 9.28. The molecular formula is C16H25ClF2N2O. The third-order valence-corrected chi connectivity index (χ3v) is 4.28. The Hall–Kier alpha value is -0.910. The maximum atomic E-state index is 12.1. The number of likely N-dealkylation sites (tertiary alicyclic amines) is 1. The van der Waals surface area contributed by atoms with Gasteiger partial charge in [0.15, 0.2) is 0 Å². The third-order valence-electron chi connectivity index (χ3n) is 4.28. The molecule has 22 heavy (non-hydrogen) atoms. The van der Waals surface area contributed by atoms with Crippen molar-refractivity contribution in [1.82, 2.24) is 10.2 Å². The summed E-state index contributed by atoms with van der Waals surface area (Å²) in [6, 6.07) is 7.29. The van der Waals surface area contributed by atoms with Gasteiger partial charge in [-0.1, -0.05) is 12.1 Å². The molecule has 0 amide bonds. The minimum absolute atomic E-state index is 0. The predicted molar refractivity (Wildman–Crippen MR) is 87.0 cm³/mol.